The number of amides is 3. The van der Waals surface area contributed by atoms with Crippen LogP contribution in [0.3, 0.4) is 0 Å². The SMILES string of the molecule is CC(C)C[C@H]1C(=O)O[C@H](Cc2ccc(N3CCOCC3)cc2)C(=O)N(C)[C@@H](CC(C)C)C(=O)O[C@H](C)C(=O)N(C)[C@@H](CC(C)C)C(=O)O[C@H](Cc2ccc(N3CCOCC3)cc2)C(=O)N(C)[C@@H](CC(C)C)C(=O)O[C@H](C)CN1C. The lowest BCUT2D eigenvalue weighted by Gasteiger charge is -2.35. The van der Waals surface area contributed by atoms with Gasteiger partial charge in [0.2, 0.25) is 0 Å². The molecule has 2 aromatic carbocycles. The average molecular weight is 1110 g/mol. The molecule has 3 fully saturated rings. The molecule has 8 atom stereocenters. The van der Waals surface area contributed by atoms with Gasteiger partial charge in [0.05, 0.1) is 26.4 Å². The number of rotatable bonds is 14. The molecule has 0 spiro atoms. The van der Waals surface area contributed by atoms with E-state index >= 15 is 0 Å². The van der Waals surface area contributed by atoms with Gasteiger partial charge in [0.1, 0.15) is 30.3 Å². The van der Waals surface area contributed by atoms with E-state index in [0.29, 0.717) is 44.0 Å². The first-order valence-corrected chi connectivity index (χ1v) is 28.5. The summed E-state index contributed by atoms with van der Waals surface area (Å²) in [5.41, 5.74) is 3.35. The van der Waals surface area contributed by atoms with Gasteiger partial charge in [0.25, 0.3) is 17.7 Å². The average Bonchev–Trinajstić information content (AvgIpc) is 3.44. The number of carbonyl (C=O) groups is 7. The van der Waals surface area contributed by atoms with Gasteiger partial charge in [-0.05, 0) is 106 Å². The van der Waals surface area contributed by atoms with Crippen LogP contribution in [0, 0.1) is 23.7 Å². The number of morpholine rings is 2. The van der Waals surface area contributed by atoms with Crippen LogP contribution in [-0.4, -0.2) is 197 Å². The number of likely N-dealkylation sites (N-methyl/N-ethyl adjacent to an activating group) is 4. The van der Waals surface area contributed by atoms with E-state index in [2.05, 4.69) is 9.80 Å². The summed E-state index contributed by atoms with van der Waals surface area (Å²) in [6.07, 6.45) is -4.34. The van der Waals surface area contributed by atoms with Crippen molar-refractivity contribution in [1.29, 1.82) is 0 Å². The highest BCUT2D eigenvalue weighted by Crippen LogP contribution is 2.26. The molecule has 0 aromatic heterocycles. The molecule has 0 bridgehead atoms. The van der Waals surface area contributed by atoms with Crippen LogP contribution >= 0.6 is 0 Å². The summed E-state index contributed by atoms with van der Waals surface area (Å²) in [5.74, 6) is -5.47. The van der Waals surface area contributed by atoms with Crippen LogP contribution in [0.15, 0.2) is 48.5 Å². The number of hydrogen-bond acceptors (Lipinski definition) is 16. The topological polar surface area (TPSA) is 194 Å². The number of nitrogens with zero attached hydrogens (tertiary/aromatic N) is 6. The molecule has 0 radical (unpaired) electrons. The maximum atomic E-state index is 15.0. The Morgan fingerprint density at radius 1 is 0.430 bits per heavy atom. The maximum absolute atomic E-state index is 15.0. The second-order valence-electron chi connectivity index (χ2n) is 23.5. The fraction of sp³-hybridized carbons (Fsp3) is 0.683. The highest BCUT2D eigenvalue weighted by Gasteiger charge is 2.42. The van der Waals surface area contributed by atoms with Crippen LogP contribution in [0.25, 0.3) is 0 Å². The van der Waals surface area contributed by atoms with Gasteiger partial charge in [0.15, 0.2) is 18.3 Å². The maximum Gasteiger partial charge on any atom is 0.329 e. The van der Waals surface area contributed by atoms with Crippen LogP contribution in [0.5, 0.6) is 0 Å². The summed E-state index contributed by atoms with van der Waals surface area (Å²) in [6.45, 7) is 23.8. The van der Waals surface area contributed by atoms with Crippen molar-refractivity contribution in [1.82, 2.24) is 19.6 Å². The van der Waals surface area contributed by atoms with E-state index in [1.807, 2.05) is 104 Å². The Morgan fingerprint density at radius 3 is 1.11 bits per heavy atom. The molecular weight excluding hydrogens is 1010 g/mol. The highest BCUT2D eigenvalue weighted by molar-refractivity contribution is 5.93. The first-order chi connectivity index (χ1) is 37.3. The van der Waals surface area contributed by atoms with E-state index in [1.165, 1.54) is 42.8 Å². The molecule has 0 N–H and O–H groups in total. The molecule has 440 valence electrons. The molecule has 19 nitrogen and oxygen atoms in total. The zero-order valence-corrected chi connectivity index (χ0v) is 49.6. The quantitative estimate of drug-likeness (QED) is 0.162. The first kappa shape index (κ1) is 64.0. The molecule has 3 heterocycles. The highest BCUT2D eigenvalue weighted by atomic mass is 16.6. The number of hydrogen-bond donors (Lipinski definition) is 0. The third-order valence-electron chi connectivity index (χ3n) is 14.9. The van der Waals surface area contributed by atoms with Crippen molar-refractivity contribution >= 4 is 53.0 Å². The number of esters is 4. The predicted octanol–water partition coefficient (Wildman–Crippen LogP) is 5.81. The van der Waals surface area contributed by atoms with Gasteiger partial charge in [-0.2, -0.15) is 0 Å². The van der Waals surface area contributed by atoms with Crippen LogP contribution in [0.1, 0.15) is 106 Å². The van der Waals surface area contributed by atoms with Crippen molar-refractivity contribution in [2.75, 3.05) is 97.1 Å². The standard InChI is InChI=1S/C60H92N6O13/c1-38(2)31-48-57(70)78-52(35-44-15-19-46(20-16-44)65-23-27-74-28-24-65)55(68)64(14)50(33-40(5)6)59(72)77-43(10)54(67)62(12)51(34-41(7)8)60(73)79-53(36-45-17-21-47(22-18-45)66-25-29-75-30-26-66)56(69)63(13)49(32-39(3)4)58(71)76-42(9)37-61(48)11/h15-22,38-43,48-53H,23-37H2,1-14H3/t42-,43-,48+,49+,50+,51+,52-,53-/m1/s1. The molecule has 3 amide bonds. The van der Waals surface area contributed by atoms with E-state index in [-0.39, 0.29) is 62.3 Å². The van der Waals surface area contributed by atoms with Gasteiger partial charge in [-0.15, -0.1) is 0 Å². The van der Waals surface area contributed by atoms with E-state index in [9.17, 15) is 33.6 Å². The number of anilines is 2. The van der Waals surface area contributed by atoms with Crippen molar-refractivity contribution in [2.24, 2.45) is 23.7 Å². The van der Waals surface area contributed by atoms with Gasteiger partial charge >= 0.3 is 23.9 Å². The lowest BCUT2D eigenvalue weighted by molar-refractivity contribution is -0.174. The molecule has 19 heteroatoms. The Kier molecular flexibility index (Phi) is 24.4. The first-order valence-electron chi connectivity index (χ1n) is 28.5. The van der Waals surface area contributed by atoms with E-state index in [4.69, 9.17) is 28.4 Å². The fourth-order valence-electron chi connectivity index (χ4n) is 10.4. The minimum absolute atomic E-state index is 0.0105. The largest absolute Gasteiger partial charge is 0.460 e. The van der Waals surface area contributed by atoms with Crippen molar-refractivity contribution < 1.29 is 62.0 Å². The number of ether oxygens (including phenoxy) is 6. The van der Waals surface area contributed by atoms with Crippen molar-refractivity contribution in [3.05, 3.63) is 59.7 Å². The molecule has 79 heavy (non-hydrogen) atoms. The van der Waals surface area contributed by atoms with Crippen molar-refractivity contribution in [3.8, 4) is 0 Å². The second-order valence-corrected chi connectivity index (χ2v) is 23.5. The Labute approximate surface area is 469 Å². The predicted molar refractivity (Wildman–Crippen MR) is 301 cm³/mol. The molecule has 0 aliphatic carbocycles. The van der Waals surface area contributed by atoms with Gasteiger partial charge in [-0.3, -0.25) is 24.1 Å². The zero-order chi connectivity index (χ0) is 58.2. The monoisotopic (exact) mass is 1100 g/mol. The Bertz CT molecular complexity index is 2320. The Morgan fingerprint density at radius 2 is 0.747 bits per heavy atom. The van der Waals surface area contributed by atoms with E-state index in [0.717, 1.165) is 37.6 Å². The summed E-state index contributed by atoms with van der Waals surface area (Å²) in [7, 11) is 6.10. The minimum atomic E-state index is -1.44. The van der Waals surface area contributed by atoms with Crippen LogP contribution in [0.4, 0.5) is 11.4 Å². The molecular formula is C60H92N6O13. The summed E-state index contributed by atoms with van der Waals surface area (Å²) < 4.78 is 35.7. The Hall–Kier alpha value is -5.79. The minimum Gasteiger partial charge on any atom is -0.460 e. The molecule has 3 aliphatic rings. The lowest BCUT2D eigenvalue weighted by Crippen LogP contribution is -2.54. The number of cyclic esters (lactones) is 4. The fourth-order valence-corrected chi connectivity index (χ4v) is 10.4. The summed E-state index contributed by atoms with van der Waals surface area (Å²) in [6, 6.07) is 10.9. The molecule has 2 aromatic rings. The van der Waals surface area contributed by atoms with E-state index in [1.54, 1.807) is 18.9 Å². The van der Waals surface area contributed by atoms with Crippen molar-refractivity contribution in [3.63, 3.8) is 0 Å². The second kappa shape index (κ2) is 30.1. The van der Waals surface area contributed by atoms with Gasteiger partial charge < -0.3 is 52.9 Å². The third kappa shape index (κ3) is 18.6. The normalized spacial score (nSPS) is 25.9. The van der Waals surface area contributed by atoms with Gasteiger partial charge in [-0.25, -0.2) is 14.4 Å². The molecule has 0 saturated carbocycles. The Balaban J connectivity index is 1.56. The van der Waals surface area contributed by atoms with Crippen LogP contribution in [0.2, 0.25) is 0 Å². The lowest BCUT2D eigenvalue weighted by atomic mass is 10.00. The summed E-state index contributed by atoms with van der Waals surface area (Å²) >= 11 is 0. The number of carbonyl (C=O) groups excluding carboxylic acids is 7. The third-order valence-corrected chi connectivity index (χ3v) is 14.9. The smallest absolute Gasteiger partial charge is 0.329 e. The zero-order valence-electron chi connectivity index (χ0n) is 49.6. The molecule has 0 unspecified atom stereocenters. The van der Waals surface area contributed by atoms with E-state index < -0.39 is 90.2 Å². The number of benzene rings is 2. The van der Waals surface area contributed by atoms with Crippen molar-refractivity contribution in [2.45, 2.75) is 156 Å². The molecule has 3 aliphatic heterocycles. The van der Waals surface area contributed by atoms with Crippen LogP contribution in [-0.2, 0) is 74.8 Å². The molecule has 5 rings (SSSR count). The summed E-state index contributed by atoms with van der Waals surface area (Å²) in [5, 5.41) is 0. The molecule has 3 saturated heterocycles. The van der Waals surface area contributed by atoms with Gasteiger partial charge in [0, 0.05) is 78.1 Å². The van der Waals surface area contributed by atoms with Crippen LogP contribution < -0.4 is 9.80 Å². The van der Waals surface area contributed by atoms with Gasteiger partial charge in [-0.1, -0.05) is 79.7 Å². The summed E-state index contributed by atoms with van der Waals surface area (Å²) in [4.78, 5) is 113.